The van der Waals surface area contributed by atoms with Crippen LogP contribution in [-0.4, -0.2) is 0 Å². The summed E-state index contributed by atoms with van der Waals surface area (Å²) in [4.78, 5) is 13.3. The Morgan fingerprint density at radius 3 is 2.82 bits per heavy atom. The SMILES string of the molecule is O=NONc1ccccc1F. The van der Waals surface area contributed by atoms with E-state index < -0.39 is 5.82 Å². The molecular weight excluding hydrogens is 151 g/mol. The van der Waals surface area contributed by atoms with Crippen LogP contribution in [0.1, 0.15) is 0 Å². The van der Waals surface area contributed by atoms with Crippen LogP contribution in [0.5, 0.6) is 0 Å². The summed E-state index contributed by atoms with van der Waals surface area (Å²) in [6.45, 7) is 0. The number of nitrogens with zero attached hydrogens (tertiary/aromatic N) is 1. The second-order valence-electron chi connectivity index (χ2n) is 1.75. The zero-order valence-corrected chi connectivity index (χ0v) is 5.45. The van der Waals surface area contributed by atoms with E-state index in [-0.39, 0.29) is 5.69 Å². The molecule has 5 heteroatoms. The summed E-state index contributed by atoms with van der Waals surface area (Å²) in [5, 5.41) is 2.04. The largest absolute Gasteiger partial charge is 0.232 e. The summed E-state index contributed by atoms with van der Waals surface area (Å²) in [5.74, 6) is -0.504. The van der Waals surface area contributed by atoms with Gasteiger partial charge in [0.15, 0.2) is 5.34 Å². The van der Waals surface area contributed by atoms with Gasteiger partial charge in [-0.25, -0.2) is 9.33 Å². The Hall–Kier alpha value is -1.65. The smallest absolute Gasteiger partial charge is 0.182 e. The fraction of sp³-hybridized carbons (Fsp3) is 0. The minimum Gasteiger partial charge on any atom is -0.232 e. The Kier molecular flexibility index (Phi) is 2.37. The van der Waals surface area contributed by atoms with Gasteiger partial charge in [0.1, 0.15) is 11.5 Å². The molecule has 0 aromatic heterocycles. The maximum absolute atomic E-state index is 12.6. The predicted molar refractivity (Wildman–Crippen MR) is 36.9 cm³/mol. The molecule has 0 aliphatic carbocycles. The quantitative estimate of drug-likeness (QED) is 0.536. The standard InChI is InChI=1S/C6H5FN2O2/c7-5-3-1-2-4-6(5)8-11-9-10/h1-4,8H. The third-order valence-electron chi connectivity index (χ3n) is 1.07. The van der Waals surface area contributed by atoms with Gasteiger partial charge in [0.25, 0.3) is 0 Å². The molecule has 0 atom stereocenters. The Morgan fingerprint density at radius 2 is 2.18 bits per heavy atom. The molecule has 1 rings (SSSR count). The monoisotopic (exact) mass is 156 g/mol. The number of nitrogens with one attached hydrogen (secondary N) is 1. The van der Waals surface area contributed by atoms with Crippen molar-refractivity contribution in [2.24, 2.45) is 5.34 Å². The highest BCUT2D eigenvalue weighted by atomic mass is 19.1. The summed E-state index contributed by atoms with van der Waals surface area (Å²) in [7, 11) is 0. The van der Waals surface area contributed by atoms with E-state index in [2.05, 4.69) is 4.94 Å². The third-order valence-corrected chi connectivity index (χ3v) is 1.07. The van der Waals surface area contributed by atoms with Crippen LogP contribution in [0, 0.1) is 10.7 Å². The van der Waals surface area contributed by atoms with Crippen LogP contribution >= 0.6 is 0 Å². The van der Waals surface area contributed by atoms with Gasteiger partial charge in [-0.3, -0.25) is 0 Å². The number of benzene rings is 1. The van der Waals surface area contributed by atoms with Crippen LogP contribution in [-0.2, 0) is 4.94 Å². The second-order valence-corrected chi connectivity index (χ2v) is 1.75. The average Bonchev–Trinajstić information content (AvgIpc) is 2.03. The summed E-state index contributed by atoms with van der Waals surface area (Å²) in [6, 6.07) is 5.77. The number of anilines is 1. The van der Waals surface area contributed by atoms with Crippen molar-refractivity contribution in [3.63, 3.8) is 0 Å². The first-order valence-electron chi connectivity index (χ1n) is 2.84. The highest BCUT2D eigenvalue weighted by Gasteiger charge is 1.98. The van der Waals surface area contributed by atoms with Gasteiger partial charge < -0.3 is 0 Å². The zero-order valence-electron chi connectivity index (χ0n) is 5.45. The number of para-hydroxylation sites is 1. The van der Waals surface area contributed by atoms with E-state index in [9.17, 15) is 9.30 Å². The Bertz CT molecular complexity index is 254. The van der Waals surface area contributed by atoms with Crippen molar-refractivity contribution >= 4 is 5.69 Å². The molecule has 0 spiro atoms. The molecule has 1 N–H and O–H groups in total. The lowest BCUT2D eigenvalue weighted by molar-refractivity contribution is 0.201. The highest BCUT2D eigenvalue weighted by Crippen LogP contribution is 2.11. The number of rotatable bonds is 3. The van der Waals surface area contributed by atoms with Crippen LogP contribution in [0.2, 0.25) is 0 Å². The topological polar surface area (TPSA) is 50.7 Å². The zero-order chi connectivity index (χ0) is 8.10. The van der Waals surface area contributed by atoms with Crippen LogP contribution in [0.3, 0.4) is 0 Å². The summed E-state index contributed by atoms with van der Waals surface area (Å²) < 4.78 is 12.6. The molecule has 0 unspecified atom stereocenters. The van der Waals surface area contributed by atoms with Crippen LogP contribution < -0.4 is 5.48 Å². The first-order chi connectivity index (χ1) is 5.34. The van der Waals surface area contributed by atoms with Crippen molar-refractivity contribution in [2.45, 2.75) is 0 Å². The van der Waals surface area contributed by atoms with Gasteiger partial charge in [0, 0.05) is 0 Å². The fourth-order valence-electron chi connectivity index (χ4n) is 0.612. The van der Waals surface area contributed by atoms with Gasteiger partial charge in [-0.2, -0.15) is 5.48 Å². The minimum absolute atomic E-state index is 0.0760. The molecule has 0 heterocycles. The van der Waals surface area contributed by atoms with Gasteiger partial charge in [-0.05, 0) is 12.1 Å². The lowest BCUT2D eigenvalue weighted by atomic mass is 10.3. The van der Waals surface area contributed by atoms with Crippen molar-refractivity contribution in [2.75, 3.05) is 5.48 Å². The normalized spacial score (nSPS) is 8.82. The number of hydrogen-bond acceptors (Lipinski definition) is 4. The molecule has 11 heavy (non-hydrogen) atoms. The Morgan fingerprint density at radius 1 is 1.45 bits per heavy atom. The average molecular weight is 156 g/mol. The molecule has 0 saturated heterocycles. The predicted octanol–water partition coefficient (Wildman–Crippen LogP) is 1.85. The molecule has 0 fully saturated rings. The van der Waals surface area contributed by atoms with Crippen molar-refractivity contribution in [1.29, 1.82) is 0 Å². The van der Waals surface area contributed by atoms with E-state index in [1.54, 1.807) is 6.07 Å². The Balaban J connectivity index is 2.69. The minimum atomic E-state index is -0.504. The third kappa shape index (κ3) is 1.89. The molecule has 0 aliphatic heterocycles. The molecule has 0 aliphatic rings. The van der Waals surface area contributed by atoms with E-state index in [0.29, 0.717) is 0 Å². The maximum atomic E-state index is 12.6. The highest BCUT2D eigenvalue weighted by molar-refractivity contribution is 5.41. The van der Waals surface area contributed by atoms with Gasteiger partial charge in [0.2, 0.25) is 0 Å². The first-order valence-corrected chi connectivity index (χ1v) is 2.84. The van der Waals surface area contributed by atoms with Crippen LogP contribution in [0.4, 0.5) is 10.1 Å². The van der Waals surface area contributed by atoms with E-state index in [1.807, 2.05) is 10.8 Å². The van der Waals surface area contributed by atoms with E-state index in [0.717, 1.165) is 0 Å². The second kappa shape index (κ2) is 3.50. The van der Waals surface area contributed by atoms with E-state index >= 15 is 0 Å². The van der Waals surface area contributed by atoms with E-state index in [4.69, 9.17) is 0 Å². The number of halogens is 1. The first kappa shape index (κ1) is 7.46. The molecule has 1 aromatic rings. The Labute approximate surface area is 61.9 Å². The maximum Gasteiger partial charge on any atom is 0.182 e. The molecule has 58 valence electrons. The lowest BCUT2D eigenvalue weighted by Gasteiger charge is -1.99. The van der Waals surface area contributed by atoms with Gasteiger partial charge >= 0.3 is 0 Å². The van der Waals surface area contributed by atoms with Gasteiger partial charge in [-0.1, -0.05) is 12.1 Å². The molecule has 0 radical (unpaired) electrons. The molecule has 1 aromatic carbocycles. The molecular formula is C6H5FN2O2. The molecule has 4 nitrogen and oxygen atoms in total. The van der Waals surface area contributed by atoms with E-state index in [1.165, 1.54) is 18.2 Å². The molecule has 0 bridgehead atoms. The van der Waals surface area contributed by atoms with Crippen LogP contribution in [0.15, 0.2) is 29.6 Å². The molecule has 0 amide bonds. The lowest BCUT2D eigenvalue weighted by Crippen LogP contribution is -1.96. The van der Waals surface area contributed by atoms with Crippen molar-refractivity contribution < 1.29 is 9.33 Å². The van der Waals surface area contributed by atoms with Crippen molar-refractivity contribution in [3.05, 3.63) is 35.0 Å². The van der Waals surface area contributed by atoms with Crippen LogP contribution in [0.25, 0.3) is 0 Å². The van der Waals surface area contributed by atoms with Crippen molar-refractivity contribution in [1.82, 2.24) is 0 Å². The fourth-order valence-corrected chi connectivity index (χ4v) is 0.612. The summed E-state index contributed by atoms with van der Waals surface area (Å²) >= 11 is 0. The molecule has 0 saturated carbocycles. The summed E-state index contributed by atoms with van der Waals surface area (Å²) in [6.07, 6.45) is 0. The van der Waals surface area contributed by atoms with Crippen molar-refractivity contribution in [3.8, 4) is 0 Å². The number of hydrogen-bond donors (Lipinski definition) is 1. The van der Waals surface area contributed by atoms with Gasteiger partial charge in [0.05, 0.1) is 0 Å². The summed E-state index contributed by atoms with van der Waals surface area (Å²) in [5.41, 5.74) is 2.08. The van der Waals surface area contributed by atoms with Gasteiger partial charge in [-0.15, -0.1) is 4.91 Å².